The van der Waals surface area contributed by atoms with Crippen LogP contribution in [0.3, 0.4) is 0 Å². The fourth-order valence-electron chi connectivity index (χ4n) is 1.21. The highest BCUT2D eigenvalue weighted by Crippen LogP contribution is 2.08. The molecule has 0 aromatic heterocycles. The lowest BCUT2D eigenvalue weighted by atomic mass is 10.0. The maximum atomic E-state index is 5.55. The third kappa shape index (κ3) is 2.67. The van der Waals surface area contributed by atoms with E-state index in [0.717, 1.165) is 13.0 Å². The monoisotopic (exact) mass is 163 g/mol. The SMILES string of the molecule is Cc1ccc(C[C@H](C)CN)cc1. The molecule has 1 aromatic carbocycles. The number of benzene rings is 1. The summed E-state index contributed by atoms with van der Waals surface area (Å²) in [5.41, 5.74) is 8.26. The Labute approximate surface area is 74.6 Å². The van der Waals surface area contributed by atoms with E-state index >= 15 is 0 Å². The van der Waals surface area contributed by atoms with Gasteiger partial charge in [0.25, 0.3) is 0 Å². The summed E-state index contributed by atoms with van der Waals surface area (Å²) < 4.78 is 0. The summed E-state index contributed by atoms with van der Waals surface area (Å²) in [6, 6.07) is 8.67. The van der Waals surface area contributed by atoms with Crippen LogP contribution >= 0.6 is 0 Å². The molecule has 0 fully saturated rings. The van der Waals surface area contributed by atoms with Crippen molar-refractivity contribution in [3.63, 3.8) is 0 Å². The van der Waals surface area contributed by atoms with Crippen LogP contribution in [0, 0.1) is 12.8 Å². The van der Waals surface area contributed by atoms with Crippen molar-refractivity contribution < 1.29 is 0 Å². The zero-order valence-electron chi connectivity index (χ0n) is 7.88. The van der Waals surface area contributed by atoms with E-state index in [0.29, 0.717) is 5.92 Å². The van der Waals surface area contributed by atoms with Gasteiger partial charge in [-0.15, -0.1) is 0 Å². The molecule has 0 saturated carbocycles. The minimum Gasteiger partial charge on any atom is -0.330 e. The van der Waals surface area contributed by atoms with Gasteiger partial charge in [-0.1, -0.05) is 36.8 Å². The normalized spacial score (nSPS) is 12.9. The lowest BCUT2D eigenvalue weighted by Gasteiger charge is -2.07. The molecule has 66 valence electrons. The number of hydrogen-bond donors (Lipinski definition) is 1. The average Bonchev–Trinajstić information content (AvgIpc) is 2.09. The lowest BCUT2D eigenvalue weighted by Crippen LogP contribution is -2.12. The molecular weight excluding hydrogens is 146 g/mol. The third-order valence-electron chi connectivity index (χ3n) is 2.11. The molecule has 0 aliphatic rings. The lowest BCUT2D eigenvalue weighted by molar-refractivity contribution is 0.593. The predicted molar refractivity (Wildman–Crippen MR) is 53.1 cm³/mol. The zero-order valence-corrected chi connectivity index (χ0v) is 7.88. The van der Waals surface area contributed by atoms with Gasteiger partial charge in [-0.05, 0) is 31.4 Å². The largest absolute Gasteiger partial charge is 0.330 e. The second-order valence-electron chi connectivity index (χ2n) is 3.53. The van der Waals surface area contributed by atoms with Crippen molar-refractivity contribution in [2.45, 2.75) is 20.3 Å². The number of aryl methyl sites for hydroxylation is 1. The van der Waals surface area contributed by atoms with Crippen LogP contribution in [-0.4, -0.2) is 6.54 Å². The summed E-state index contributed by atoms with van der Waals surface area (Å²) in [4.78, 5) is 0. The molecule has 2 N–H and O–H groups in total. The van der Waals surface area contributed by atoms with Crippen molar-refractivity contribution in [1.82, 2.24) is 0 Å². The summed E-state index contributed by atoms with van der Waals surface area (Å²) in [6.07, 6.45) is 1.09. The van der Waals surface area contributed by atoms with Crippen molar-refractivity contribution in [2.75, 3.05) is 6.54 Å². The minimum absolute atomic E-state index is 0.590. The van der Waals surface area contributed by atoms with Crippen LogP contribution in [0.2, 0.25) is 0 Å². The molecule has 0 radical (unpaired) electrons. The van der Waals surface area contributed by atoms with Crippen LogP contribution in [0.15, 0.2) is 24.3 Å². The molecule has 1 nitrogen and oxygen atoms in total. The number of hydrogen-bond acceptors (Lipinski definition) is 1. The highest BCUT2D eigenvalue weighted by molar-refractivity contribution is 5.21. The Morgan fingerprint density at radius 1 is 1.25 bits per heavy atom. The van der Waals surface area contributed by atoms with Crippen LogP contribution in [0.1, 0.15) is 18.1 Å². The molecule has 1 rings (SSSR count). The van der Waals surface area contributed by atoms with E-state index in [2.05, 4.69) is 38.1 Å². The molecule has 0 unspecified atom stereocenters. The Balaban J connectivity index is 2.58. The molecule has 1 atom stereocenters. The molecule has 1 aromatic rings. The van der Waals surface area contributed by atoms with Crippen molar-refractivity contribution in [3.8, 4) is 0 Å². The molecule has 12 heavy (non-hydrogen) atoms. The minimum atomic E-state index is 0.590. The van der Waals surface area contributed by atoms with E-state index in [1.807, 2.05) is 0 Å². The van der Waals surface area contributed by atoms with Gasteiger partial charge >= 0.3 is 0 Å². The Bertz CT molecular complexity index is 225. The Morgan fingerprint density at radius 3 is 2.33 bits per heavy atom. The molecule has 0 saturated heterocycles. The Morgan fingerprint density at radius 2 is 1.83 bits per heavy atom. The molecule has 0 spiro atoms. The first-order chi connectivity index (χ1) is 5.72. The van der Waals surface area contributed by atoms with Gasteiger partial charge in [-0.25, -0.2) is 0 Å². The van der Waals surface area contributed by atoms with Crippen molar-refractivity contribution >= 4 is 0 Å². The van der Waals surface area contributed by atoms with Crippen LogP contribution in [-0.2, 0) is 6.42 Å². The predicted octanol–water partition coefficient (Wildman–Crippen LogP) is 2.13. The fourth-order valence-corrected chi connectivity index (χ4v) is 1.21. The Kier molecular flexibility index (Phi) is 3.30. The highest BCUT2D eigenvalue weighted by Gasteiger charge is 1.99. The van der Waals surface area contributed by atoms with Gasteiger partial charge in [0.1, 0.15) is 0 Å². The maximum Gasteiger partial charge on any atom is -0.00483 e. The molecule has 0 aliphatic heterocycles. The van der Waals surface area contributed by atoms with E-state index in [4.69, 9.17) is 5.73 Å². The molecule has 1 heteroatoms. The van der Waals surface area contributed by atoms with Crippen molar-refractivity contribution in [3.05, 3.63) is 35.4 Å². The van der Waals surface area contributed by atoms with Crippen LogP contribution in [0.25, 0.3) is 0 Å². The van der Waals surface area contributed by atoms with E-state index in [9.17, 15) is 0 Å². The van der Waals surface area contributed by atoms with Crippen molar-refractivity contribution in [1.29, 1.82) is 0 Å². The summed E-state index contributed by atoms with van der Waals surface area (Å²) in [7, 11) is 0. The van der Waals surface area contributed by atoms with E-state index < -0.39 is 0 Å². The van der Waals surface area contributed by atoms with Gasteiger partial charge in [0.2, 0.25) is 0 Å². The topological polar surface area (TPSA) is 26.0 Å². The zero-order chi connectivity index (χ0) is 8.97. The first kappa shape index (κ1) is 9.27. The Hall–Kier alpha value is -0.820. The number of nitrogens with two attached hydrogens (primary N) is 1. The van der Waals surface area contributed by atoms with Gasteiger partial charge in [0.15, 0.2) is 0 Å². The van der Waals surface area contributed by atoms with E-state index in [1.165, 1.54) is 11.1 Å². The molecule has 0 aliphatic carbocycles. The quantitative estimate of drug-likeness (QED) is 0.725. The molecular formula is C11H17N. The van der Waals surface area contributed by atoms with Gasteiger partial charge in [0.05, 0.1) is 0 Å². The second-order valence-corrected chi connectivity index (χ2v) is 3.53. The summed E-state index contributed by atoms with van der Waals surface area (Å²) in [5.74, 6) is 0.590. The van der Waals surface area contributed by atoms with Crippen LogP contribution in [0.5, 0.6) is 0 Å². The first-order valence-electron chi connectivity index (χ1n) is 4.48. The standard InChI is InChI=1S/C11H17N/c1-9-3-5-11(6-4-9)7-10(2)8-12/h3-6,10H,7-8,12H2,1-2H3/t10-/m0/s1. The molecule has 0 amide bonds. The van der Waals surface area contributed by atoms with E-state index in [-0.39, 0.29) is 0 Å². The van der Waals surface area contributed by atoms with Crippen LogP contribution in [0.4, 0.5) is 0 Å². The third-order valence-corrected chi connectivity index (χ3v) is 2.11. The number of rotatable bonds is 3. The molecule has 0 bridgehead atoms. The average molecular weight is 163 g/mol. The molecule has 0 heterocycles. The highest BCUT2D eigenvalue weighted by atomic mass is 14.5. The second kappa shape index (κ2) is 4.27. The van der Waals surface area contributed by atoms with Crippen LogP contribution < -0.4 is 5.73 Å². The van der Waals surface area contributed by atoms with Gasteiger partial charge in [0, 0.05) is 0 Å². The maximum absolute atomic E-state index is 5.55. The van der Waals surface area contributed by atoms with Gasteiger partial charge in [-0.2, -0.15) is 0 Å². The summed E-state index contributed by atoms with van der Waals surface area (Å²) >= 11 is 0. The van der Waals surface area contributed by atoms with Gasteiger partial charge in [-0.3, -0.25) is 0 Å². The van der Waals surface area contributed by atoms with E-state index in [1.54, 1.807) is 0 Å². The smallest absolute Gasteiger partial charge is 0.00483 e. The summed E-state index contributed by atoms with van der Waals surface area (Å²) in [6.45, 7) is 5.06. The van der Waals surface area contributed by atoms with Gasteiger partial charge < -0.3 is 5.73 Å². The van der Waals surface area contributed by atoms with Crippen molar-refractivity contribution in [2.24, 2.45) is 11.7 Å². The first-order valence-corrected chi connectivity index (χ1v) is 4.48. The fraction of sp³-hybridized carbons (Fsp3) is 0.455. The summed E-state index contributed by atoms with van der Waals surface area (Å²) in [5, 5.41) is 0.